The number of aryl methyl sites for hydroxylation is 1. The van der Waals surface area contributed by atoms with Crippen molar-refractivity contribution in [2.45, 2.75) is 31.2 Å². The van der Waals surface area contributed by atoms with Gasteiger partial charge in [-0.2, -0.15) is 0 Å². The lowest BCUT2D eigenvalue weighted by molar-refractivity contribution is 0.397. The summed E-state index contributed by atoms with van der Waals surface area (Å²) in [7, 11) is 3.37. The zero-order valence-corrected chi connectivity index (χ0v) is 9.95. The first kappa shape index (κ1) is 11.3. The Kier molecular flexibility index (Phi) is 3.06. The Labute approximate surface area is 96.5 Å². The monoisotopic (exact) mass is 221 g/mol. The van der Waals surface area contributed by atoms with Crippen LogP contribution in [0.25, 0.3) is 0 Å². The lowest BCUT2D eigenvalue weighted by Crippen LogP contribution is -2.22. The zero-order valence-electron chi connectivity index (χ0n) is 9.95. The number of ether oxygens (including phenoxy) is 2. The van der Waals surface area contributed by atoms with Gasteiger partial charge in [-0.25, -0.2) is 0 Å². The van der Waals surface area contributed by atoms with Crippen molar-refractivity contribution in [3.63, 3.8) is 0 Å². The summed E-state index contributed by atoms with van der Waals surface area (Å²) in [5.74, 6) is 1.79. The SMILES string of the molecule is COc1ccc(OC)c(CCC2(N)CC2)c1. The van der Waals surface area contributed by atoms with Crippen molar-refractivity contribution in [1.82, 2.24) is 0 Å². The Morgan fingerprint density at radius 3 is 2.56 bits per heavy atom. The Bertz CT molecular complexity index is 372. The van der Waals surface area contributed by atoms with E-state index >= 15 is 0 Å². The minimum atomic E-state index is 0.0914. The van der Waals surface area contributed by atoms with E-state index < -0.39 is 0 Å². The van der Waals surface area contributed by atoms with E-state index in [0.717, 1.165) is 37.2 Å². The predicted molar refractivity (Wildman–Crippen MR) is 64.0 cm³/mol. The Morgan fingerprint density at radius 2 is 2.00 bits per heavy atom. The molecule has 0 aromatic heterocycles. The maximum absolute atomic E-state index is 6.08. The molecular formula is C13H19NO2. The van der Waals surface area contributed by atoms with E-state index in [1.165, 1.54) is 5.56 Å². The molecule has 1 aliphatic rings. The topological polar surface area (TPSA) is 44.5 Å². The standard InChI is InChI=1S/C13H19NO2/c1-15-11-3-4-12(16-2)10(9-11)5-6-13(14)7-8-13/h3-4,9H,5-8,14H2,1-2H3. The third-order valence-electron chi connectivity index (χ3n) is 3.27. The molecule has 2 rings (SSSR count). The minimum Gasteiger partial charge on any atom is -0.497 e. The molecule has 0 unspecified atom stereocenters. The fourth-order valence-corrected chi connectivity index (χ4v) is 1.87. The van der Waals surface area contributed by atoms with Gasteiger partial charge in [-0.15, -0.1) is 0 Å². The molecule has 1 aromatic carbocycles. The molecule has 88 valence electrons. The number of methoxy groups -OCH3 is 2. The van der Waals surface area contributed by atoms with Crippen LogP contribution in [-0.4, -0.2) is 19.8 Å². The fraction of sp³-hybridized carbons (Fsp3) is 0.538. The molecule has 1 aliphatic carbocycles. The van der Waals surface area contributed by atoms with Crippen molar-refractivity contribution in [3.05, 3.63) is 23.8 Å². The van der Waals surface area contributed by atoms with Crippen LogP contribution in [-0.2, 0) is 6.42 Å². The lowest BCUT2D eigenvalue weighted by Gasteiger charge is -2.12. The van der Waals surface area contributed by atoms with Crippen molar-refractivity contribution in [2.75, 3.05) is 14.2 Å². The van der Waals surface area contributed by atoms with Gasteiger partial charge in [-0.1, -0.05) is 0 Å². The van der Waals surface area contributed by atoms with Crippen LogP contribution in [0.3, 0.4) is 0 Å². The molecule has 0 saturated heterocycles. The molecular weight excluding hydrogens is 202 g/mol. The molecule has 2 N–H and O–H groups in total. The lowest BCUT2D eigenvalue weighted by atomic mass is 10.0. The molecule has 1 saturated carbocycles. The smallest absolute Gasteiger partial charge is 0.122 e. The van der Waals surface area contributed by atoms with Gasteiger partial charge in [0.2, 0.25) is 0 Å². The second-order valence-electron chi connectivity index (χ2n) is 4.54. The van der Waals surface area contributed by atoms with Gasteiger partial charge in [0.25, 0.3) is 0 Å². The van der Waals surface area contributed by atoms with E-state index in [4.69, 9.17) is 15.2 Å². The second kappa shape index (κ2) is 4.34. The van der Waals surface area contributed by atoms with E-state index in [2.05, 4.69) is 0 Å². The molecule has 0 spiro atoms. The summed E-state index contributed by atoms with van der Waals surface area (Å²) < 4.78 is 10.5. The van der Waals surface area contributed by atoms with Gasteiger partial charge in [0, 0.05) is 5.54 Å². The van der Waals surface area contributed by atoms with Crippen LogP contribution in [0.2, 0.25) is 0 Å². The first-order valence-electron chi connectivity index (χ1n) is 5.67. The highest BCUT2D eigenvalue weighted by Gasteiger charge is 2.37. The van der Waals surface area contributed by atoms with Crippen molar-refractivity contribution < 1.29 is 9.47 Å². The first-order valence-corrected chi connectivity index (χ1v) is 5.67. The highest BCUT2D eigenvalue weighted by atomic mass is 16.5. The highest BCUT2D eigenvalue weighted by molar-refractivity contribution is 5.40. The van der Waals surface area contributed by atoms with E-state index in [1.807, 2.05) is 18.2 Å². The number of benzene rings is 1. The Balaban J connectivity index is 2.09. The third kappa shape index (κ3) is 2.47. The zero-order chi connectivity index (χ0) is 11.6. The fourth-order valence-electron chi connectivity index (χ4n) is 1.87. The Morgan fingerprint density at radius 1 is 1.25 bits per heavy atom. The number of nitrogens with two attached hydrogens (primary N) is 1. The van der Waals surface area contributed by atoms with E-state index in [0.29, 0.717) is 0 Å². The van der Waals surface area contributed by atoms with Gasteiger partial charge in [-0.3, -0.25) is 0 Å². The average molecular weight is 221 g/mol. The number of rotatable bonds is 5. The average Bonchev–Trinajstić information content (AvgIpc) is 3.05. The van der Waals surface area contributed by atoms with Crippen LogP contribution in [0.5, 0.6) is 11.5 Å². The summed E-state index contributed by atoms with van der Waals surface area (Å²) in [6.45, 7) is 0. The van der Waals surface area contributed by atoms with Crippen LogP contribution in [0, 0.1) is 0 Å². The molecule has 3 heteroatoms. The van der Waals surface area contributed by atoms with E-state index in [1.54, 1.807) is 14.2 Å². The van der Waals surface area contributed by atoms with Gasteiger partial charge in [0.05, 0.1) is 14.2 Å². The maximum atomic E-state index is 6.08. The Hall–Kier alpha value is -1.22. The summed E-state index contributed by atoms with van der Waals surface area (Å²) in [4.78, 5) is 0. The predicted octanol–water partition coefficient (Wildman–Crippen LogP) is 2.13. The van der Waals surface area contributed by atoms with Gasteiger partial charge in [-0.05, 0) is 49.4 Å². The van der Waals surface area contributed by atoms with Gasteiger partial charge in [0.15, 0.2) is 0 Å². The van der Waals surface area contributed by atoms with Crippen LogP contribution in [0.4, 0.5) is 0 Å². The van der Waals surface area contributed by atoms with Crippen LogP contribution in [0.1, 0.15) is 24.8 Å². The molecule has 16 heavy (non-hydrogen) atoms. The molecule has 0 heterocycles. The van der Waals surface area contributed by atoms with Crippen molar-refractivity contribution in [3.8, 4) is 11.5 Å². The van der Waals surface area contributed by atoms with Gasteiger partial charge >= 0.3 is 0 Å². The van der Waals surface area contributed by atoms with Crippen molar-refractivity contribution in [1.29, 1.82) is 0 Å². The maximum Gasteiger partial charge on any atom is 0.122 e. The van der Waals surface area contributed by atoms with Crippen LogP contribution in [0.15, 0.2) is 18.2 Å². The highest BCUT2D eigenvalue weighted by Crippen LogP contribution is 2.37. The number of hydrogen-bond acceptors (Lipinski definition) is 3. The normalized spacial score (nSPS) is 16.9. The molecule has 1 aromatic rings. The summed E-state index contributed by atoms with van der Waals surface area (Å²) in [6, 6.07) is 5.90. The van der Waals surface area contributed by atoms with E-state index in [9.17, 15) is 0 Å². The molecule has 3 nitrogen and oxygen atoms in total. The van der Waals surface area contributed by atoms with Gasteiger partial charge < -0.3 is 15.2 Å². The van der Waals surface area contributed by atoms with Crippen molar-refractivity contribution >= 4 is 0 Å². The molecule has 0 amide bonds. The van der Waals surface area contributed by atoms with Gasteiger partial charge in [0.1, 0.15) is 11.5 Å². The summed E-state index contributed by atoms with van der Waals surface area (Å²) in [5.41, 5.74) is 7.36. The third-order valence-corrected chi connectivity index (χ3v) is 3.27. The van der Waals surface area contributed by atoms with Crippen molar-refractivity contribution in [2.24, 2.45) is 5.73 Å². The number of hydrogen-bond donors (Lipinski definition) is 1. The largest absolute Gasteiger partial charge is 0.497 e. The van der Waals surface area contributed by atoms with E-state index in [-0.39, 0.29) is 5.54 Å². The first-order chi connectivity index (χ1) is 7.67. The molecule has 0 bridgehead atoms. The van der Waals surface area contributed by atoms with Crippen LogP contribution < -0.4 is 15.2 Å². The molecule has 0 atom stereocenters. The minimum absolute atomic E-state index is 0.0914. The second-order valence-corrected chi connectivity index (χ2v) is 4.54. The molecule has 0 radical (unpaired) electrons. The van der Waals surface area contributed by atoms with Crippen LogP contribution >= 0.6 is 0 Å². The quantitative estimate of drug-likeness (QED) is 0.828. The summed E-state index contributed by atoms with van der Waals surface area (Å²) >= 11 is 0. The molecule has 1 fully saturated rings. The molecule has 0 aliphatic heterocycles. The summed E-state index contributed by atoms with van der Waals surface area (Å²) in [6.07, 6.45) is 4.28. The summed E-state index contributed by atoms with van der Waals surface area (Å²) in [5, 5.41) is 0.